The Labute approximate surface area is 138 Å². The zero-order valence-corrected chi connectivity index (χ0v) is 14.4. The van der Waals surface area contributed by atoms with Crippen molar-refractivity contribution in [1.82, 2.24) is 5.43 Å². The van der Waals surface area contributed by atoms with Crippen LogP contribution in [-0.2, 0) is 4.74 Å². The second kappa shape index (κ2) is 7.38. The summed E-state index contributed by atoms with van der Waals surface area (Å²) >= 11 is 9.25. The van der Waals surface area contributed by atoms with Crippen molar-refractivity contribution < 1.29 is 9.13 Å². The lowest BCUT2D eigenvalue weighted by atomic mass is 9.76. The molecule has 0 heterocycles. The maximum absolute atomic E-state index is 14.6. The van der Waals surface area contributed by atoms with Crippen molar-refractivity contribution in [2.24, 2.45) is 5.84 Å². The van der Waals surface area contributed by atoms with Gasteiger partial charge in [0.1, 0.15) is 5.82 Å². The van der Waals surface area contributed by atoms with Gasteiger partial charge in [-0.3, -0.25) is 5.84 Å². The van der Waals surface area contributed by atoms with Gasteiger partial charge in [-0.1, -0.05) is 36.9 Å². The summed E-state index contributed by atoms with van der Waals surface area (Å²) in [5.41, 5.74) is 2.75. The van der Waals surface area contributed by atoms with E-state index in [2.05, 4.69) is 21.4 Å². The van der Waals surface area contributed by atoms with Crippen LogP contribution in [-0.4, -0.2) is 12.2 Å². The van der Waals surface area contributed by atoms with Gasteiger partial charge in [0.2, 0.25) is 0 Å². The number of hydrazine groups is 1. The Hall–Kier alpha value is -0.200. The molecule has 0 radical (unpaired) electrons. The lowest BCUT2D eigenvalue weighted by molar-refractivity contribution is -0.0920. The Morgan fingerprint density at radius 1 is 1.43 bits per heavy atom. The summed E-state index contributed by atoms with van der Waals surface area (Å²) in [5.74, 6) is 5.31. The van der Waals surface area contributed by atoms with Crippen LogP contribution in [0.2, 0.25) is 5.02 Å². The highest BCUT2D eigenvalue weighted by atomic mass is 79.9. The molecule has 1 aliphatic carbocycles. The standard InChI is InChI=1S/C15H21BrClFN2O/c1-2-21-15(8-4-3-5-9-15)14(20-19)10-6-7-11(16)12(17)13(10)18/h6-7,14,20H,2-5,8-9,19H2,1H3. The molecule has 1 unspecified atom stereocenters. The fourth-order valence-electron chi connectivity index (χ4n) is 3.24. The molecule has 2 rings (SSSR count). The quantitative estimate of drug-likeness (QED) is 0.450. The molecule has 0 spiro atoms. The Morgan fingerprint density at radius 2 is 2.10 bits per heavy atom. The van der Waals surface area contributed by atoms with Gasteiger partial charge in [-0.2, -0.15) is 0 Å². The molecular weight excluding hydrogens is 359 g/mol. The summed E-state index contributed by atoms with van der Waals surface area (Å²) in [6.45, 7) is 2.53. The van der Waals surface area contributed by atoms with Crippen LogP contribution in [0, 0.1) is 5.82 Å². The first-order valence-corrected chi connectivity index (χ1v) is 8.46. The molecule has 0 amide bonds. The lowest BCUT2D eigenvalue weighted by Crippen LogP contribution is -2.50. The van der Waals surface area contributed by atoms with E-state index in [1.807, 2.05) is 6.92 Å². The number of ether oxygens (including phenoxy) is 1. The first-order valence-electron chi connectivity index (χ1n) is 7.29. The van der Waals surface area contributed by atoms with Gasteiger partial charge in [0, 0.05) is 16.6 Å². The third-order valence-corrected chi connectivity index (χ3v) is 5.46. The molecule has 0 bridgehead atoms. The fraction of sp³-hybridized carbons (Fsp3) is 0.600. The number of rotatable bonds is 5. The summed E-state index contributed by atoms with van der Waals surface area (Å²) in [6.07, 6.45) is 5.02. The van der Waals surface area contributed by atoms with E-state index in [9.17, 15) is 4.39 Å². The number of halogens is 3. The van der Waals surface area contributed by atoms with E-state index in [1.165, 1.54) is 6.42 Å². The third kappa shape index (κ3) is 3.42. The molecule has 0 aromatic heterocycles. The highest BCUT2D eigenvalue weighted by Crippen LogP contribution is 2.43. The zero-order chi connectivity index (χ0) is 15.5. The van der Waals surface area contributed by atoms with Crippen LogP contribution in [0.1, 0.15) is 50.6 Å². The van der Waals surface area contributed by atoms with E-state index in [0.717, 1.165) is 25.7 Å². The Morgan fingerprint density at radius 3 is 2.67 bits per heavy atom. The molecule has 1 atom stereocenters. The van der Waals surface area contributed by atoms with Crippen molar-refractivity contribution >= 4 is 27.5 Å². The lowest BCUT2D eigenvalue weighted by Gasteiger charge is -2.43. The van der Waals surface area contributed by atoms with Crippen LogP contribution >= 0.6 is 27.5 Å². The average Bonchev–Trinajstić information content (AvgIpc) is 2.49. The van der Waals surface area contributed by atoms with Gasteiger partial charge in [0.05, 0.1) is 16.7 Å². The summed E-state index contributed by atoms with van der Waals surface area (Å²) in [6, 6.07) is 3.04. The molecule has 1 fully saturated rings. The normalized spacial score (nSPS) is 19.5. The average molecular weight is 380 g/mol. The van der Waals surface area contributed by atoms with E-state index >= 15 is 0 Å². The van der Waals surface area contributed by atoms with Crippen LogP contribution in [0.3, 0.4) is 0 Å². The van der Waals surface area contributed by atoms with Crippen LogP contribution in [0.4, 0.5) is 4.39 Å². The summed E-state index contributed by atoms with van der Waals surface area (Å²) in [5, 5.41) is 0.0789. The van der Waals surface area contributed by atoms with Crippen LogP contribution in [0.5, 0.6) is 0 Å². The summed E-state index contributed by atoms with van der Waals surface area (Å²) in [7, 11) is 0. The predicted molar refractivity (Wildman–Crippen MR) is 86.6 cm³/mol. The van der Waals surface area contributed by atoms with Gasteiger partial charge in [-0.25, -0.2) is 9.82 Å². The van der Waals surface area contributed by atoms with E-state index in [0.29, 0.717) is 16.6 Å². The first kappa shape index (κ1) is 17.2. The minimum absolute atomic E-state index is 0.0789. The van der Waals surface area contributed by atoms with Crippen molar-refractivity contribution in [3.8, 4) is 0 Å². The molecule has 118 valence electrons. The topological polar surface area (TPSA) is 47.3 Å². The second-order valence-corrected chi connectivity index (χ2v) is 6.66. The van der Waals surface area contributed by atoms with E-state index in [4.69, 9.17) is 22.2 Å². The van der Waals surface area contributed by atoms with Gasteiger partial charge in [0.15, 0.2) is 0 Å². The highest BCUT2D eigenvalue weighted by Gasteiger charge is 2.42. The fourth-order valence-corrected chi connectivity index (χ4v) is 3.72. The molecule has 21 heavy (non-hydrogen) atoms. The van der Waals surface area contributed by atoms with E-state index < -0.39 is 17.5 Å². The second-order valence-electron chi connectivity index (χ2n) is 5.42. The maximum Gasteiger partial charge on any atom is 0.147 e. The molecule has 6 heteroatoms. The van der Waals surface area contributed by atoms with Crippen molar-refractivity contribution in [2.75, 3.05) is 6.61 Å². The van der Waals surface area contributed by atoms with Crippen molar-refractivity contribution in [3.63, 3.8) is 0 Å². The van der Waals surface area contributed by atoms with E-state index in [1.54, 1.807) is 12.1 Å². The molecular formula is C15H21BrClFN2O. The molecule has 3 N–H and O–H groups in total. The highest BCUT2D eigenvalue weighted by molar-refractivity contribution is 9.10. The van der Waals surface area contributed by atoms with Crippen LogP contribution in [0.25, 0.3) is 0 Å². The smallest absolute Gasteiger partial charge is 0.147 e. The zero-order valence-electron chi connectivity index (χ0n) is 12.1. The number of benzene rings is 1. The molecule has 1 aromatic carbocycles. The summed E-state index contributed by atoms with van der Waals surface area (Å²) < 4.78 is 21.1. The predicted octanol–water partition coefficient (Wildman–Crippen LogP) is 4.49. The van der Waals surface area contributed by atoms with Crippen molar-refractivity contribution in [2.45, 2.75) is 50.7 Å². The Balaban J connectivity index is 2.43. The molecule has 1 aromatic rings. The van der Waals surface area contributed by atoms with Gasteiger partial charge < -0.3 is 4.74 Å². The molecule has 0 aliphatic heterocycles. The molecule has 3 nitrogen and oxygen atoms in total. The Kier molecular flexibility index (Phi) is 6.03. The number of nitrogens with one attached hydrogen (secondary N) is 1. The molecule has 1 aliphatic rings. The van der Waals surface area contributed by atoms with Crippen LogP contribution < -0.4 is 11.3 Å². The first-order chi connectivity index (χ1) is 10.1. The third-order valence-electron chi connectivity index (χ3n) is 4.20. The summed E-state index contributed by atoms with van der Waals surface area (Å²) in [4.78, 5) is 0. The monoisotopic (exact) mass is 378 g/mol. The minimum atomic E-state index is -0.472. The van der Waals surface area contributed by atoms with Gasteiger partial charge in [-0.15, -0.1) is 0 Å². The van der Waals surface area contributed by atoms with Gasteiger partial charge >= 0.3 is 0 Å². The molecule has 0 saturated heterocycles. The van der Waals surface area contributed by atoms with Gasteiger partial charge in [-0.05, 0) is 41.8 Å². The minimum Gasteiger partial charge on any atom is -0.373 e. The maximum atomic E-state index is 14.6. The Bertz CT molecular complexity index is 489. The largest absolute Gasteiger partial charge is 0.373 e. The number of hydrogen-bond donors (Lipinski definition) is 2. The SMILES string of the molecule is CCOC1(C(NN)c2ccc(Br)c(Cl)c2F)CCCCC1. The van der Waals surface area contributed by atoms with Gasteiger partial charge in [0.25, 0.3) is 0 Å². The van der Waals surface area contributed by atoms with Crippen molar-refractivity contribution in [1.29, 1.82) is 0 Å². The van der Waals surface area contributed by atoms with E-state index in [-0.39, 0.29) is 5.02 Å². The van der Waals surface area contributed by atoms with Crippen LogP contribution in [0.15, 0.2) is 16.6 Å². The number of nitrogens with two attached hydrogens (primary N) is 1. The van der Waals surface area contributed by atoms with Crippen molar-refractivity contribution in [3.05, 3.63) is 33.0 Å². The number of hydrogen-bond acceptors (Lipinski definition) is 3. The molecule has 1 saturated carbocycles.